The molecule has 0 radical (unpaired) electrons. The van der Waals surface area contributed by atoms with E-state index in [1.165, 1.54) is 0 Å². The van der Waals surface area contributed by atoms with E-state index in [1.807, 2.05) is 37.4 Å². The first-order valence-electron chi connectivity index (χ1n) is 5.90. The molecule has 0 bridgehead atoms. The largest absolute Gasteiger partial charge is 0.481 e. The molecule has 3 heteroatoms. The summed E-state index contributed by atoms with van der Waals surface area (Å²) in [5.74, 6) is 5.14. The number of hydrogen-bond donors (Lipinski definition) is 1. The van der Waals surface area contributed by atoms with Gasteiger partial charge in [0.1, 0.15) is 0 Å². The summed E-state index contributed by atoms with van der Waals surface area (Å²) in [5, 5.41) is 9.89. The normalized spacial score (nSPS) is 10.1. The highest BCUT2D eigenvalue weighted by atomic mass is 16.4. The fourth-order valence-corrected chi connectivity index (χ4v) is 2.06. The molecule has 0 fully saturated rings. The highest BCUT2D eigenvalue weighted by Gasteiger charge is 2.08. The zero-order valence-corrected chi connectivity index (χ0v) is 10.3. The standard InChI is InChI=1S/C15H15NO2/c1-2-3-10-16-11-12(8-9-15(17)18)13-6-4-5-7-14(13)16/h4-7,11H,8-10H2,1H3,(H,17,18). The van der Waals surface area contributed by atoms with Gasteiger partial charge in [0.25, 0.3) is 0 Å². The molecule has 18 heavy (non-hydrogen) atoms. The number of carboxylic acid groups (broad SMARTS) is 1. The first-order valence-corrected chi connectivity index (χ1v) is 5.90. The lowest BCUT2D eigenvalue weighted by atomic mass is 10.1. The van der Waals surface area contributed by atoms with Gasteiger partial charge in [-0.3, -0.25) is 4.79 Å². The molecule has 0 aliphatic heterocycles. The SMILES string of the molecule is CC#CCn1cc(CCC(=O)O)c2ccccc21. The van der Waals surface area contributed by atoms with E-state index < -0.39 is 5.97 Å². The summed E-state index contributed by atoms with van der Waals surface area (Å²) in [4.78, 5) is 10.7. The van der Waals surface area contributed by atoms with Crippen molar-refractivity contribution in [2.24, 2.45) is 0 Å². The Morgan fingerprint density at radius 2 is 2.17 bits per heavy atom. The van der Waals surface area contributed by atoms with Crippen molar-refractivity contribution in [2.75, 3.05) is 0 Å². The molecule has 0 amide bonds. The topological polar surface area (TPSA) is 42.2 Å². The van der Waals surface area contributed by atoms with Gasteiger partial charge >= 0.3 is 5.97 Å². The van der Waals surface area contributed by atoms with Crippen LogP contribution in [0.25, 0.3) is 10.9 Å². The van der Waals surface area contributed by atoms with Crippen molar-refractivity contribution >= 4 is 16.9 Å². The zero-order valence-electron chi connectivity index (χ0n) is 10.3. The number of nitrogens with zero attached hydrogens (tertiary/aromatic N) is 1. The van der Waals surface area contributed by atoms with E-state index in [-0.39, 0.29) is 6.42 Å². The quantitative estimate of drug-likeness (QED) is 0.836. The van der Waals surface area contributed by atoms with Crippen molar-refractivity contribution in [2.45, 2.75) is 26.3 Å². The fraction of sp³-hybridized carbons (Fsp3) is 0.267. The lowest BCUT2D eigenvalue weighted by molar-refractivity contribution is -0.136. The molecule has 1 aromatic carbocycles. The zero-order chi connectivity index (χ0) is 13.0. The third-order valence-corrected chi connectivity index (χ3v) is 2.91. The van der Waals surface area contributed by atoms with E-state index in [0.29, 0.717) is 13.0 Å². The molecule has 0 unspecified atom stereocenters. The predicted octanol–water partition coefficient (Wildman–Crippen LogP) is 2.68. The lowest BCUT2D eigenvalue weighted by Crippen LogP contribution is -1.97. The van der Waals surface area contributed by atoms with Gasteiger partial charge < -0.3 is 9.67 Å². The van der Waals surface area contributed by atoms with Crippen LogP contribution in [0.3, 0.4) is 0 Å². The number of aliphatic carboxylic acids is 1. The molecule has 2 aromatic rings. The Labute approximate surface area is 106 Å². The third kappa shape index (κ3) is 2.54. The van der Waals surface area contributed by atoms with Gasteiger partial charge in [-0.2, -0.15) is 0 Å². The van der Waals surface area contributed by atoms with E-state index in [2.05, 4.69) is 16.4 Å². The van der Waals surface area contributed by atoms with Crippen LogP contribution in [-0.4, -0.2) is 15.6 Å². The number of carbonyl (C=O) groups is 1. The number of para-hydroxylation sites is 1. The summed E-state index contributed by atoms with van der Waals surface area (Å²) in [6.45, 7) is 2.46. The Balaban J connectivity index is 2.39. The Kier molecular flexibility index (Phi) is 3.69. The smallest absolute Gasteiger partial charge is 0.303 e. The first-order chi connectivity index (χ1) is 8.72. The van der Waals surface area contributed by atoms with Gasteiger partial charge in [-0.05, 0) is 25.0 Å². The first kappa shape index (κ1) is 12.3. The molecule has 92 valence electrons. The molecule has 0 spiro atoms. The maximum atomic E-state index is 10.7. The lowest BCUT2D eigenvalue weighted by Gasteiger charge is -1.98. The maximum Gasteiger partial charge on any atom is 0.303 e. The molecule has 0 atom stereocenters. The average Bonchev–Trinajstić information content (AvgIpc) is 2.72. The molecule has 1 N–H and O–H groups in total. The van der Waals surface area contributed by atoms with Crippen molar-refractivity contribution in [3.63, 3.8) is 0 Å². The molecular formula is C15H15NO2. The predicted molar refractivity (Wildman–Crippen MR) is 71.3 cm³/mol. The van der Waals surface area contributed by atoms with Gasteiger partial charge in [0.2, 0.25) is 0 Å². The fourth-order valence-electron chi connectivity index (χ4n) is 2.06. The summed E-state index contributed by atoms with van der Waals surface area (Å²) in [7, 11) is 0. The van der Waals surface area contributed by atoms with Crippen molar-refractivity contribution in [3.05, 3.63) is 36.0 Å². The number of aromatic nitrogens is 1. The average molecular weight is 241 g/mol. The van der Waals surface area contributed by atoms with E-state index >= 15 is 0 Å². The minimum atomic E-state index is -0.764. The third-order valence-electron chi connectivity index (χ3n) is 2.91. The van der Waals surface area contributed by atoms with Crippen molar-refractivity contribution in [1.82, 2.24) is 4.57 Å². The Bertz CT molecular complexity index is 629. The number of carboxylic acids is 1. The van der Waals surface area contributed by atoms with E-state index in [9.17, 15) is 4.79 Å². The molecular weight excluding hydrogens is 226 g/mol. The Morgan fingerprint density at radius 1 is 1.39 bits per heavy atom. The van der Waals surface area contributed by atoms with E-state index in [0.717, 1.165) is 16.5 Å². The Hall–Kier alpha value is -2.21. The molecule has 0 saturated carbocycles. The molecule has 2 rings (SSSR count). The summed E-state index contributed by atoms with van der Waals surface area (Å²) in [5.41, 5.74) is 2.19. The van der Waals surface area contributed by atoms with Crippen molar-refractivity contribution in [1.29, 1.82) is 0 Å². The second kappa shape index (κ2) is 5.42. The maximum absolute atomic E-state index is 10.7. The molecule has 1 heterocycles. The van der Waals surface area contributed by atoms with Crippen LogP contribution in [0.2, 0.25) is 0 Å². The number of hydrogen-bond acceptors (Lipinski definition) is 1. The van der Waals surface area contributed by atoms with Gasteiger partial charge in [-0.25, -0.2) is 0 Å². The van der Waals surface area contributed by atoms with Crippen molar-refractivity contribution < 1.29 is 9.90 Å². The summed E-state index contributed by atoms with van der Waals surface area (Å²) < 4.78 is 2.07. The van der Waals surface area contributed by atoms with Gasteiger partial charge in [0.05, 0.1) is 6.54 Å². The summed E-state index contributed by atoms with van der Waals surface area (Å²) >= 11 is 0. The van der Waals surface area contributed by atoms with E-state index in [1.54, 1.807) is 0 Å². The van der Waals surface area contributed by atoms with Crippen LogP contribution in [0.4, 0.5) is 0 Å². The Morgan fingerprint density at radius 3 is 2.89 bits per heavy atom. The highest BCUT2D eigenvalue weighted by Crippen LogP contribution is 2.22. The van der Waals surface area contributed by atoms with Gasteiger partial charge in [0.15, 0.2) is 0 Å². The van der Waals surface area contributed by atoms with Crippen LogP contribution in [-0.2, 0) is 17.8 Å². The van der Waals surface area contributed by atoms with Crippen LogP contribution in [0.1, 0.15) is 18.9 Å². The van der Waals surface area contributed by atoms with Gasteiger partial charge in [-0.1, -0.05) is 24.1 Å². The molecule has 0 aliphatic carbocycles. The number of benzene rings is 1. The van der Waals surface area contributed by atoms with Gasteiger partial charge in [0, 0.05) is 23.5 Å². The number of aryl methyl sites for hydroxylation is 1. The minimum absolute atomic E-state index is 0.160. The number of rotatable bonds is 4. The van der Waals surface area contributed by atoms with E-state index in [4.69, 9.17) is 5.11 Å². The molecule has 0 aliphatic rings. The molecule has 1 aromatic heterocycles. The minimum Gasteiger partial charge on any atom is -0.481 e. The van der Waals surface area contributed by atoms with Crippen LogP contribution in [0.15, 0.2) is 30.5 Å². The second-order valence-electron chi connectivity index (χ2n) is 4.12. The van der Waals surface area contributed by atoms with Crippen LogP contribution in [0.5, 0.6) is 0 Å². The van der Waals surface area contributed by atoms with Crippen molar-refractivity contribution in [3.8, 4) is 11.8 Å². The molecule has 0 saturated heterocycles. The van der Waals surface area contributed by atoms with Crippen LogP contribution in [0, 0.1) is 11.8 Å². The highest BCUT2D eigenvalue weighted by molar-refractivity contribution is 5.84. The van der Waals surface area contributed by atoms with Crippen LogP contribution < -0.4 is 0 Å². The second-order valence-corrected chi connectivity index (χ2v) is 4.12. The number of fused-ring (bicyclic) bond motifs is 1. The summed E-state index contributed by atoms with van der Waals surface area (Å²) in [6.07, 6.45) is 2.73. The monoisotopic (exact) mass is 241 g/mol. The summed E-state index contributed by atoms with van der Waals surface area (Å²) in [6, 6.07) is 8.03. The van der Waals surface area contributed by atoms with Gasteiger partial charge in [-0.15, -0.1) is 5.92 Å². The molecule has 3 nitrogen and oxygen atoms in total. The van der Waals surface area contributed by atoms with Crippen LogP contribution >= 0.6 is 0 Å².